The summed E-state index contributed by atoms with van der Waals surface area (Å²) < 4.78 is 5.75. The van der Waals surface area contributed by atoms with E-state index in [-0.39, 0.29) is 24.8 Å². The average molecular weight is 349 g/mol. The van der Waals surface area contributed by atoms with Gasteiger partial charge >= 0.3 is 104 Å². The van der Waals surface area contributed by atoms with Crippen LogP contribution in [0.3, 0.4) is 0 Å². The second-order valence-electron chi connectivity index (χ2n) is 4.19. The van der Waals surface area contributed by atoms with E-state index in [0.717, 1.165) is 0 Å². The Morgan fingerprint density at radius 1 is 1.12 bits per heavy atom. The van der Waals surface area contributed by atoms with Crippen molar-refractivity contribution in [1.82, 2.24) is 4.57 Å². The predicted molar refractivity (Wildman–Crippen MR) is 61.1 cm³/mol. The largest absolute Gasteiger partial charge is 1.00 e. The van der Waals surface area contributed by atoms with Gasteiger partial charge in [-0.2, -0.15) is 0 Å². The number of halogens is 2. The molecule has 4 heteroatoms. The van der Waals surface area contributed by atoms with Gasteiger partial charge < -0.3 is 24.8 Å². The Morgan fingerprint density at radius 2 is 1.76 bits per heavy atom. The molecule has 2 rings (SSSR count). The van der Waals surface area contributed by atoms with Crippen LogP contribution in [0, 0.1) is 20.8 Å². The van der Waals surface area contributed by atoms with E-state index in [2.05, 4.69) is 50.6 Å². The zero-order valence-electron chi connectivity index (χ0n) is 10.6. The number of hydrogen-bond acceptors (Lipinski definition) is 0. The molecule has 0 aliphatic heterocycles. The fourth-order valence-electron chi connectivity index (χ4n) is 1.99. The van der Waals surface area contributed by atoms with Gasteiger partial charge in [-0.25, -0.2) is 0 Å². The molecule has 92 valence electrons. The maximum Gasteiger partial charge on any atom is -1.00 e. The van der Waals surface area contributed by atoms with Crippen LogP contribution in [-0.2, 0) is 30.3 Å². The Bertz CT molecular complexity index is 433. The van der Waals surface area contributed by atoms with Crippen LogP contribution in [0.5, 0.6) is 0 Å². The van der Waals surface area contributed by atoms with E-state index >= 15 is 0 Å². The summed E-state index contributed by atoms with van der Waals surface area (Å²) in [5.74, 6) is 0. The molecule has 0 atom stereocenters. The number of nitrogens with zero attached hydrogens (tertiary/aromatic N) is 1. The van der Waals surface area contributed by atoms with Crippen LogP contribution in [0.2, 0.25) is 0 Å². The van der Waals surface area contributed by atoms with Gasteiger partial charge in [0.2, 0.25) is 0 Å². The van der Waals surface area contributed by atoms with Crippen molar-refractivity contribution in [2.45, 2.75) is 27.2 Å². The molecule has 1 nitrogen and oxygen atoms in total. The molecule has 0 bridgehead atoms. The quantitative estimate of drug-likeness (QED) is 0.523. The van der Waals surface area contributed by atoms with Crippen LogP contribution in [-0.4, -0.2) is 4.57 Å². The Morgan fingerprint density at radius 3 is 2.18 bits per heavy atom. The maximum atomic E-state index is 2.41. The molecule has 1 aromatic heterocycles. The van der Waals surface area contributed by atoms with Crippen LogP contribution in [0.15, 0.2) is 21.5 Å². The van der Waals surface area contributed by atoms with E-state index in [0.29, 0.717) is 0 Å². The first-order valence-electron chi connectivity index (χ1n) is 5.36. The minimum absolute atomic E-state index is 0. The molecule has 0 amide bonds. The summed E-state index contributed by atoms with van der Waals surface area (Å²) >= 11 is -0.530. The second kappa shape index (κ2) is 6.97. The van der Waals surface area contributed by atoms with Gasteiger partial charge in [0, 0.05) is 0 Å². The molecular formula is C13H17Cl2NZr. The molecule has 0 radical (unpaired) electrons. The van der Waals surface area contributed by atoms with E-state index in [1.54, 1.807) is 6.68 Å². The standard InChI is InChI=1S/C8H12N.C5H5.2ClH.Zr/c1-6-5-9(4)8(3)7(6)2;1-2-4-5-3-1;;;/h1-4H3;1-3H,4H2;2*1H;/q;;;;+2/p-2. The fraction of sp³-hybridized carbons (Fsp3) is 0.385. The van der Waals surface area contributed by atoms with Crippen molar-refractivity contribution in [1.29, 1.82) is 0 Å². The molecule has 1 aliphatic carbocycles. The van der Waals surface area contributed by atoms with Gasteiger partial charge in [0.25, 0.3) is 0 Å². The first-order chi connectivity index (χ1) is 7.11. The Hall–Kier alpha value is 0.223. The van der Waals surface area contributed by atoms with Gasteiger partial charge in [0.1, 0.15) is 0 Å². The maximum absolute atomic E-state index is 2.41. The number of allylic oxidation sites excluding steroid dienone is 4. The van der Waals surface area contributed by atoms with Crippen molar-refractivity contribution in [2.24, 2.45) is 7.05 Å². The summed E-state index contributed by atoms with van der Waals surface area (Å²) in [5.41, 5.74) is 4.46. The Kier molecular flexibility index (Phi) is 7.06. The molecule has 1 aliphatic rings. The molecule has 0 spiro atoms. The number of rotatable bonds is 2. The van der Waals surface area contributed by atoms with Gasteiger partial charge in [0.15, 0.2) is 0 Å². The fourth-order valence-corrected chi connectivity index (χ4v) is 5.47. The second-order valence-corrected chi connectivity index (χ2v) is 7.55. The molecule has 0 unspecified atom stereocenters. The summed E-state index contributed by atoms with van der Waals surface area (Å²) in [4.78, 5) is 0. The molecule has 0 aromatic carbocycles. The molecule has 0 fully saturated rings. The Balaban J connectivity index is 0.00000128. The first-order valence-corrected chi connectivity index (χ1v) is 7.82. The van der Waals surface area contributed by atoms with Crippen molar-refractivity contribution >= 4 is 3.40 Å². The number of aromatic nitrogens is 1. The SMILES string of the molecule is Cc1c(C)[c]([Zr+2][C]2=CC=CC2)n(C)c1C.[Cl-].[Cl-]. The molecule has 0 saturated heterocycles. The molecule has 1 heterocycles. The van der Waals surface area contributed by atoms with Crippen LogP contribution < -0.4 is 28.2 Å². The third kappa shape index (κ3) is 3.37. The monoisotopic (exact) mass is 347 g/mol. The van der Waals surface area contributed by atoms with Gasteiger partial charge in [-0.15, -0.1) is 0 Å². The van der Waals surface area contributed by atoms with E-state index in [4.69, 9.17) is 0 Å². The molecule has 0 saturated carbocycles. The van der Waals surface area contributed by atoms with Gasteiger partial charge in [-0.3, -0.25) is 0 Å². The summed E-state index contributed by atoms with van der Waals surface area (Å²) in [6.07, 6.45) is 8.00. The molecule has 0 N–H and O–H groups in total. The van der Waals surface area contributed by atoms with Crippen LogP contribution in [0.1, 0.15) is 23.2 Å². The molecule has 17 heavy (non-hydrogen) atoms. The predicted octanol–water partition coefficient (Wildman–Crippen LogP) is -3.49. The molecule has 1 aromatic rings. The van der Waals surface area contributed by atoms with Crippen LogP contribution in [0.25, 0.3) is 0 Å². The van der Waals surface area contributed by atoms with Crippen molar-refractivity contribution in [3.05, 3.63) is 38.3 Å². The van der Waals surface area contributed by atoms with E-state index in [1.807, 2.05) is 0 Å². The van der Waals surface area contributed by atoms with Crippen molar-refractivity contribution < 1.29 is 48.0 Å². The minimum atomic E-state index is -0.530. The van der Waals surface area contributed by atoms with Gasteiger partial charge in [0.05, 0.1) is 0 Å². The van der Waals surface area contributed by atoms with E-state index in [9.17, 15) is 0 Å². The normalized spacial score (nSPS) is 12.6. The van der Waals surface area contributed by atoms with Gasteiger partial charge in [-0.05, 0) is 0 Å². The summed E-state index contributed by atoms with van der Waals surface area (Å²) in [7, 11) is 2.22. The average Bonchev–Trinajstić information content (AvgIpc) is 2.79. The zero-order valence-corrected chi connectivity index (χ0v) is 14.6. The molecular weight excluding hydrogens is 332 g/mol. The van der Waals surface area contributed by atoms with Crippen molar-refractivity contribution in [3.63, 3.8) is 0 Å². The zero-order chi connectivity index (χ0) is 11.0. The first kappa shape index (κ1) is 17.2. The summed E-state index contributed by atoms with van der Waals surface area (Å²) in [5, 5.41) is 0. The van der Waals surface area contributed by atoms with Crippen LogP contribution in [0.4, 0.5) is 0 Å². The van der Waals surface area contributed by atoms with Gasteiger partial charge in [-0.1, -0.05) is 0 Å². The van der Waals surface area contributed by atoms with E-state index < -0.39 is 23.2 Å². The van der Waals surface area contributed by atoms with Crippen LogP contribution >= 0.6 is 0 Å². The number of hydrogen-bond donors (Lipinski definition) is 0. The third-order valence-corrected chi connectivity index (χ3v) is 7.38. The van der Waals surface area contributed by atoms with Crippen molar-refractivity contribution in [2.75, 3.05) is 0 Å². The third-order valence-electron chi connectivity index (χ3n) is 3.35. The Labute approximate surface area is 128 Å². The smallest absolute Gasteiger partial charge is 1.00 e. The minimum Gasteiger partial charge on any atom is -1.00 e. The summed E-state index contributed by atoms with van der Waals surface area (Å²) in [6.45, 7) is 6.75. The van der Waals surface area contributed by atoms with E-state index in [1.165, 1.54) is 23.2 Å². The van der Waals surface area contributed by atoms with Crippen molar-refractivity contribution in [3.8, 4) is 0 Å². The topological polar surface area (TPSA) is 4.93 Å². The summed E-state index contributed by atoms with van der Waals surface area (Å²) in [6, 6.07) is 0.